The van der Waals surface area contributed by atoms with Gasteiger partial charge in [-0.25, -0.2) is 8.42 Å². The van der Waals surface area contributed by atoms with Gasteiger partial charge < -0.3 is 5.11 Å². The van der Waals surface area contributed by atoms with Crippen LogP contribution in [0.25, 0.3) is 0 Å². The second-order valence-electron chi connectivity index (χ2n) is 5.35. The minimum atomic E-state index is -4.08. The Balaban J connectivity index is 3.13. The topological polar surface area (TPSA) is 127 Å². The molecule has 1 rings (SSSR count). The summed E-state index contributed by atoms with van der Waals surface area (Å²) in [4.78, 5) is 21.0. The van der Waals surface area contributed by atoms with Crippen LogP contribution in [0.4, 0.5) is 5.69 Å². The predicted molar refractivity (Wildman–Crippen MR) is 79.0 cm³/mol. The smallest absolute Gasteiger partial charge is 0.321 e. The van der Waals surface area contributed by atoms with Gasteiger partial charge in [-0.3, -0.25) is 14.9 Å². The van der Waals surface area contributed by atoms with Gasteiger partial charge in [-0.1, -0.05) is 13.8 Å². The van der Waals surface area contributed by atoms with Crippen LogP contribution in [0, 0.1) is 23.0 Å². The molecule has 1 aromatic carbocycles. The first-order chi connectivity index (χ1) is 10.0. The molecular formula is C13H18N2O6S. The van der Waals surface area contributed by atoms with Crippen molar-refractivity contribution in [1.29, 1.82) is 0 Å². The molecule has 0 fully saturated rings. The summed E-state index contributed by atoms with van der Waals surface area (Å²) >= 11 is 0. The first-order valence-corrected chi connectivity index (χ1v) is 8.03. The van der Waals surface area contributed by atoms with Crippen molar-refractivity contribution in [1.82, 2.24) is 4.72 Å². The fourth-order valence-corrected chi connectivity index (χ4v) is 3.40. The van der Waals surface area contributed by atoms with Crippen molar-refractivity contribution in [3.05, 3.63) is 33.9 Å². The number of benzene rings is 1. The molecule has 0 saturated heterocycles. The first kappa shape index (κ1) is 18.1. The summed E-state index contributed by atoms with van der Waals surface area (Å²) in [6, 6.07) is 2.05. The molecule has 0 bridgehead atoms. The van der Waals surface area contributed by atoms with Crippen molar-refractivity contribution >= 4 is 21.7 Å². The van der Waals surface area contributed by atoms with E-state index in [0.29, 0.717) is 0 Å². The summed E-state index contributed by atoms with van der Waals surface area (Å²) in [6.45, 7) is 4.97. The number of aliphatic carboxylic acids is 1. The molecule has 0 spiro atoms. The minimum Gasteiger partial charge on any atom is -0.480 e. The van der Waals surface area contributed by atoms with Crippen LogP contribution in [0.1, 0.15) is 25.8 Å². The quantitative estimate of drug-likeness (QED) is 0.578. The number of nitrogens with one attached hydrogen (secondary N) is 1. The van der Waals surface area contributed by atoms with E-state index in [1.165, 1.54) is 6.92 Å². The van der Waals surface area contributed by atoms with Crippen molar-refractivity contribution < 1.29 is 23.2 Å². The molecule has 0 amide bonds. The molecule has 1 atom stereocenters. The summed E-state index contributed by atoms with van der Waals surface area (Å²) in [7, 11) is -4.08. The van der Waals surface area contributed by atoms with E-state index in [2.05, 4.69) is 4.72 Å². The molecule has 9 heteroatoms. The van der Waals surface area contributed by atoms with Crippen molar-refractivity contribution in [3.63, 3.8) is 0 Å². The first-order valence-electron chi connectivity index (χ1n) is 6.54. The number of aryl methyl sites for hydroxylation is 1. The van der Waals surface area contributed by atoms with Crippen molar-refractivity contribution in [3.8, 4) is 0 Å². The Hall–Kier alpha value is -2.00. The number of nitro groups is 1. The Bertz CT molecular complexity index is 684. The van der Waals surface area contributed by atoms with Crippen molar-refractivity contribution in [2.45, 2.75) is 38.1 Å². The van der Waals surface area contributed by atoms with Crippen molar-refractivity contribution in [2.75, 3.05) is 0 Å². The zero-order chi connectivity index (χ0) is 17.1. The zero-order valence-electron chi connectivity index (χ0n) is 12.4. The molecule has 0 unspecified atom stereocenters. The van der Waals surface area contributed by atoms with Crippen LogP contribution in [-0.2, 0) is 14.8 Å². The lowest BCUT2D eigenvalue weighted by molar-refractivity contribution is -0.385. The van der Waals surface area contributed by atoms with Crippen LogP contribution < -0.4 is 4.72 Å². The third-order valence-corrected chi connectivity index (χ3v) is 4.59. The van der Waals surface area contributed by atoms with Crippen LogP contribution in [0.15, 0.2) is 23.1 Å². The highest BCUT2D eigenvalue weighted by molar-refractivity contribution is 7.89. The lowest BCUT2D eigenvalue weighted by Gasteiger charge is -2.17. The molecule has 0 aliphatic heterocycles. The molecule has 122 valence electrons. The van der Waals surface area contributed by atoms with Gasteiger partial charge in [0.1, 0.15) is 6.04 Å². The van der Waals surface area contributed by atoms with Gasteiger partial charge in [0.25, 0.3) is 5.69 Å². The molecule has 0 saturated carbocycles. The summed E-state index contributed by atoms with van der Waals surface area (Å²) in [5.74, 6) is -1.28. The molecule has 0 aliphatic carbocycles. The van der Waals surface area contributed by atoms with Gasteiger partial charge in [0, 0.05) is 12.1 Å². The molecule has 0 aromatic heterocycles. The number of sulfonamides is 1. The largest absolute Gasteiger partial charge is 0.480 e. The Kier molecular flexibility index (Phi) is 5.61. The Morgan fingerprint density at radius 2 is 2.00 bits per heavy atom. The average molecular weight is 330 g/mol. The third-order valence-electron chi connectivity index (χ3n) is 2.96. The average Bonchev–Trinajstić information content (AvgIpc) is 2.36. The Morgan fingerprint density at radius 1 is 1.41 bits per heavy atom. The van der Waals surface area contributed by atoms with Crippen molar-refractivity contribution in [2.24, 2.45) is 5.92 Å². The van der Waals surface area contributed by atoms with Crippen LogP contribution >= 0.6 is 0 Å². The fourth-order valence-electron chi connectivity index (χ4n) is 1.97. The Labute approximate surface area is 128 Å². The minimum absolute atomic E-state index is 0.0123. The molecule has 22 heavy (non-hydrogen) atoms. The number of carbonyl (C=O) groups is 1. The monoisotopic (exact) mass is 330 g/mol. The third kappa shape index (κ3) is 4.50. The second kappa shape index (κ2) is 6.84. The maximum atomic E-state index is 12.3. The number of carboxylic acids is 1. The Morgan fingerprint density at radius 3 is 2.41 bits per heavy atom. The number of nitrogens with zero attached hydrogens (tertiary/aromatic N) is 1. The molecule has 0 heterocycles. The van der Waals surface area contributed by atoms with E-state index in [4.69, 9.17) is 5.11 Å². The van der Waals surface area contributed by atoms with E-state index >= 15 is 0 Å². The fraction of sp³-hybridized carbons (Fsp3) is 0.462. The molecule has 1 aromatic rings. The highest BCUT2D eigenvalue weighted by Gasteiger charge is 2.27. The van der Waals surface area contributed by atoms with E-state index in [9.17, 15) is 23.3 Å². The molecule has 8 nitrogen and oxygen atoms in total. The van der Waals surface area contributed by atoms with Gasteiger partial charge >= 0.3 is 5.97 Å². The normalized spacial score (nSPS) is 13.1. The van der Waals surface area contributed by atoms with E-state index in [-0.39, 0.29) is 28.5 Å². The maximum absolute atomic E-state index is 12.3. The summed E-state index contributed by atoms with van der Waals surface area (Å²) in [5, 5.41) is 19.8. The molecule has 0 aliphatic rings. The number of rotatable bonds is 7. The number of nitro benzene ring substituents is 1. The van der Waals surface area contributed by atoms with Gasteiger partial charge in [0.05, 0.1) is 9.82 Å². The van der Waals surface area contributed by atoms with Gasteiger partial charge in [0.15, 0.2) is 0 Å². The molecule has 2 N–H and O–H groups in total. The summed E-state index contributed by atoms with van der Waals surface area (Å²) < 4.78 is 26.7. The van der Waals surface area contributed by atoms with E-state index in [0.717, 1.165) is 18.2 Å². The molecular weight excluding hydrogens is 312 g/mol. The number of carboxylic acid groups (broad SMARTS) is 1. The van der Waals surface area contributed by atoms with E-state index in [1.54, 1.807) is 13.8 Å². The van der Waals surface area contributed by atoms with Crippen LogP contribution in [0.5, 0.6) is 0 Å². The standard InChI is InChI=1S/C13H18N2O6S/c1-8(2)6-11(13(16)17)14-22(20,21)12-5-4-10(15(18)19)7-9(12)3/h4-5,7-8,11,14H,6H2,1-3H3,(H,16,17)/t11-/m1/s1. The van der Waals surface area contributed by atoms with Crippen LogP contribution in [0.3, 0.4) is 0 Å². The van der Waals surface area contributed by atoms with Gasteiger partial charge in [-0.2, -0.15) is 4.72 Å². The predicted octanol–water partition coefficient (Wildman–Crippen LogP) is 1.68. The van der Waals surface area contributed by atoms with Gasteiger partial charge in [0.2, 0.25) is 10.0 Å². The number of hydrogen-bond donors (Lipinski definition) is 2. The zero-order valence-corrected chi connectivity index (χ0v) is 13.3. The van der Waals surface area contributed by atoms with Gasteiger partial charge in [-0.05, 0) is 30.9 Å². The number of hydrogen-bond acceptors (Lipinski definition) is 5. The highest BCUT2D eigenvalue weighted by Crippen LogP contribution is 2.21. The maximum Gasteiger partial charge on any atom is 0.321 e. The lowest BCUT2D eigenvalue weighted by atomic mass is 10.1. The lowest BCUT2D eigenvalue weighted by Crippen LogP contribution is -2.41. The summed E-state index contributed by atoms with van der Waals surface area (Å²) in [5.41, 5.74) is -0.0520. The van der Waals surface area contributed by atoms with E-state index in [1.807, 2.05) is 0 Å². The summed E-state index contributed by atoms with van der Waals surface area (Å²) in [6.07, 6.45) is 0.139. The van der Waals surface area contributed by atoms with Crippen LogP contribution in [-0.4, -0.2) is 30.5 Å². The molecule has 0 radical (unpaired) electrons. The van der Waals surface area contributed by atoms with Crippen LogP contribution in [0.2, 0.25) is 0 Å². The van der Waals surface area contributed by atoms with E-state index < -0.39 is 27.0 Å². The SMILES string of the molecule is Cc1cc([N+](=O)[O-])ccc1S(=O)(=O)N[C@H](CC(C)C)C(=O)O. The van der Waals surface area contributed by atoms with Gasteiger partial charge in [-0.15, -0.1) is 0 Å². The highest BCUT2D eigenvalue weighted by atomic mass is 32.2. The number of non-ortho nitro benzene ring substituents is 1. The second-order valence-corrected chi connectivity index (χ2v) is 7.03.